The number of hydrogen-bond acceptors (Lipinski definition) is 2. The first-order valence-electron chi connectivity index (χ1n) is 9.64. The maximum Gasteiger partial charge on any atom is 0.0613 e. The van der Waals surface area contributed by atoms with Crippen molar-refractivity contribution in [3.8, 4) is 0 Å². The lowest BCUT2D eigenvalue weighted by atomic mass is 9.53. The van der Waals surface area contributed by atoms with Gasteiger partial charge in [-0.05, 0) is 62.7 Å². The fourth-order valence-corrected chi connectivity index (χ4v) is 4.96. The van der Waals surface area contributed by atoms with Crippen LogP contribution in [0.5, 0.6) is 0 Å². The minimum absolute atomic E-state index is 0.0871. The number of allylic oxidation sites excluding steroid dienone is 1. The van der Waals surface area contributed by atoms with Crippen LogP contribution in [0.3, 0.4) is 0 Å². The van der Waals surface area contributed by atoms with Crippen molar-refractivity contribution in [3.05, 3.63) is 11.6 Å². The zero-order valence-corrected chi connectivity index (χ0v) is 16.2. The number of aliphatic hydroxyl groups excluding tert-OH is 1. The van der Waals surface area contributed by atoms with E-state index in [9.17, 15) is 10.2 Å². The Labute approximate surface area is 143 Å². The van der Waals surface area contributed by atoms with Crippen molar-refractivity contribution >= 4 is 0 Å². The van der Waals surface area contributed by atoms with Gasteiger partial charge in [0.1, 0.15) is 0 Å². The Hall–Kier alpha value is -0.340. The molecule has 5 atom stereocenters. The van der Waals surface area contributed by atoms with Crippen LogP contribution in [0.4, 0.5) is 0 Å². The summed E-state index contributed by atoms with van der Waals surface area (Å²) < 4.78 is 0. The van der Waals surface area contributed by atoms with Crippen LogP contribution < -0.4 is 0 Å². The molecule has 134 valence electrons. The van der Waals surface area contributed by atoms with E-state index < -0.39 is 5.60 Å². The van der Waals surface area contributed by atoms with Gasteiger partial charge in [0.25, 0.3) is 0 Å². The van der Waals surface area contributed by atoms with Gasteiger partial charge in [-0.2, -0.15) is 0 Å². The highest BCUT2D eigenvalue weighted by atomic mass is 16.3. The van der Waals surface area contributed by atoms with Crippen molar-refractivity contribution in [2.45, 2.75) is 98.2 Å². The average Bonchev–Trinajstić information content (AvgIpc) is 2.43. The fraction of sp³-hybridized carbons (Fsp3) is 0.905. The molecule has 3 aliphatic rings. The van der Waals surface area contributed by atoms with Crippen molar-refractivity contribution in [2.75, 3.05) is 0 Å². The van der Waals surface area contributed by atoms with Crippen molar-refractivity contribution in [1.82, 2.24) is 0 Å². The van der Waals surface area contributed by atoms with Crippen LogP contribution in [0.25, 0.3) is 0 Å². The number of rotatable bonds is 7. The van der Waals surface area contributed by atoms with E-state index in [1.54, 1.807) is 0 Å². The van der Waals surface area contributed by atoms with Gasteiger partial charge in [0.15, 0.2) is 0 Å². The molecule has 2 bridgehead atoms. The second-order valence-corrected chi connectivity index (χ2v) is 9.59. The molecule has 0 saturated heterocycles. The largest absolute Gasteiger partial charge is 0.392 e. The van der Waals surface area contributed by atoms with E-state index in [-0.39, 0.29) is 16.9 Å². The maximum atomic E-state index is 10.6. The molecule has 0 aromatic rings. The monoisotopic (exact) mass is 322 g/mol. The third-order valence-electron chi connectivity index (χ3n) is 6.79. The van der Waals surface area contributed by atoms with E-state index in [0.717, 1.165) is 25.7 Å². The number of fused-ring (bicyclic) bond motifs is 2. The molecule has 0 aromatic carbocycles. The van der Waals surface area contributed by atoms with Gasteiger partial charge in [-0.1, -0.05) is 52.2 Å². The second kappa shape index (κ2) is 6.52. The van der Waals surface area contributed by atoms with Crippen molar-refractivity contribution in [2.24, 2.45) is 22.7 Å². The highest BCUT2D eigenvalue weighted by Crippen LogP contribution is 2.57. The smallest absolute Gasteiger partial charge is 0.0613 e. The van der Waals surface area contributed by atoms with Gasteiger partial charge in [-0.3, -0.25) is 0 Å². The molecular formula is C21H38O2. The predicted octanol–water partition coefficient (Wildman–Crippen LogP) is 5.09. The minimum Gasteiger partial charge on any atom is -0.392 e. The molecule has 0 unspecified atom stereocenters. The lowest BCUT2D eigenvalue weighted by Crippen LogP contribution is -2.46. The van der Waals surface area contributed by atoms with Gasteiger partial charge in [0.2, 0.25) is 0 Å². The lowest BCUT2D eigenvalue weighted by Gasteiger charge is -2.53. The standard InChI is InChI=1S/C21H38O2/c1-7-8-15(2)21(6,12-11-19(3,4)23)17-13-20(5)10-9-16(17)18(22)14-20/h13,15-16,18,22-23H,7-12,14H2,1-6H3/t15-,16-,18-,20+,21+/m1/s1. The second-order valence-electron chi connectivity index (χ2n) is 9.59. The molecule has 1 saturated carbocycles. The van der Waals surface area contributed by atoms with E-state index in [4.69, 9.17) is 0 Å². The summed E-state index contributed by atoms with van der Waals surface area (Å²) in [5.74, 6) is 0.916. The van der Waals surface area contributed by atoms with Crippen LogP contribution in [0.1, 0.15) is 86.5 Å². The van der Waals surface area contributed by atoms with Gasteiger partial charge in [-0.15, -0.1) is 0 Å². The molecule has 0 aliphatic heterocycles. The lowest BCUT2D eigenvalue weighted by molar-refractivity contribution is 0.000696. The van der Waals surface area contributed by atoms with Gasteiger partial charge in [0.05, 0.1) is 11.7 Å². The number of aliphatic hydroxyl groups is 2. The molecule has 23 heavy (non-hydrogen) atoms. The summed E-state index contributed by atoms with van der Waals surface area (Å²) >= 11 is 0. The molecule has 0 amide bonds. The zero-order valence-electron chi connectivity index (χ0n) is 16.2. The topological polar surface area (TPSA) is 40.5 Å². The number of hydrogen-bond donors (Lipinski definition) is 2. The Kier molecular flexibility index (Phi) is 5.38. The summed E-state index contributed by atoms with van der Waals surface area (Å²) in [7, 11) is 0. The van der Waals surface area contributed by atoms with Crippen LogP contribution in [0, 0.1) is 22.7 Å². The SMILES string of the molecule is CCC[C@@H](C)[C@](C)(CCC(C)(C)O)C1=C[C@]2(C)CC[C@H]1[C@H](O)C2. The molecule has 2 N–H and O–H groups in total. The fourth-order valence-electron chi connectivity index (χ4n) is 4.96. The van der Waals surface area contributed by atoms with E-state index in [1.807, 2.05) is 13.8 Å². The van der Waals surface area contributed by atoms with Gasteiger partial charge in [-0.25, -0.2) is 0 Å². The van der Waals surface area contributed by atoms with Crippen LogP contribution >= 0.6 is 0 Å². The molecule has 0 radical (unpaired) electrons. The third-order valence-corrected chi connectivity index (χ3v) is 6.79. The minimum atomic E-state index is -0.621. The Morgan fingerprint density at radius 2 is 1.96 bits per heavy atom. The first-order chi connectivity index (χ1) is 10.5. The molecule has 1 fully saturated rings. The Balaban J connectivity index is 2.35. The molecule has 3 rings (SSSR count). The van der Waals surface area contributed by atoms with Gasteiger partial charge in [0, 0.05) is 5.92 Å². The summed E-state index contributed by atoms with van der Waals surface area (Å²) in [5.41, 5.74) is 1.13. The Bertz CT molecular complexity index is 447. The molecular weight excluding hydrogens is 284 g/mol. The molecule has 0 aromatic heterocycles. The van der Waals surface area contributed by atoms with Crippen molar-refractivity contribution < 1.29 is 10.2 Å². The Morgan fingerprint density at radius 3 is 2.43 bits per heavy atom. The Morgan fingerprint density at radius 1 is 1.30 bits per heavy atom. The maximum absolute atomic E-state index is 10.6. The molecule has 0 spiro atoms. The molecule has 0 heterocycles. The van der Waals surface area contributed by atoms with Crippen LogP contribution in [-0.2, 0) is 0 Å². The highest BCUT2D eigenvalue weighted by Gasteiger charge is 2.49. The molecule has 2 heteroatoms. The summed E-state index contributed by atoms with van der Waals surface area (Å²) in [4.78, 5) is 0. The average molecular weight is 323 g/mol. The van der Waals surface area contributed by atoms with Crippen LogP contribution in [-0.4, -0.2) is 21.9 Å². The predicted molar refractivity (Wildman–Crippen MR) is 97.2 cm³/mol. The van der Waals surface area contributed by atoms with Crippen molar-refractivity contribution in [1.29, 1.82) is 0 Å². The highest BCUT2D eigenvalue weighted by molar-refractivity contribution is 5.29. The summed E-state index contributed by atoms with van der Waals surface area (Å²) in [6.07, 6.45) is 9.81. The summed E-state index contributed by atoms with van der Waals surface area (Å²) in [6.45, 7) is 13.1. The first-order valence-corrected chi connectivity index (χ1v) is 9.64. The molecule has 2 nitrogen and oxygen atoms in total. The normalized spacial score (nSPS) is 34.9. The summed E-state index contributed by atoms with van der Waals surface area (Å²) in [6, 6.07) is 0. The van der Waals surface area contributed by atoms with E-state index >= 15 is 0 Å². The van der Waals surface area contributed by atoms with Gasteiger partial charge < -0.3 is 10.2 Å². The third kappa shape index (κ3) is 4.02. The van der Waals surface area contributed by atoms with Crippen molar-refractivity contribution in [3.63, 3.8) is 0 Å². The van der Waals surface area contributed by atoms with Crippen LogP contribution in [0.2, 0.25) is 0 Å². The summed E-state index contributed by atoms with van der Waals surface area (Å²) in [5, 5.41) is 20.9. The molecule has 3 aliphatic carbocycles. The zero-order chi connectivity index (χ0) is 17.5. The quantitative estimate of drug-likeness (QED) is 0.641. The van der Waals surface area contributed by atoms with E-state index in [1.165, 1.54) is 24.8 Å². The van der Waals surface area contributed by atoms with Crippen LogP contribution in [0.15, 0.2) is 11.6 Å². The van der Waals surface area contributed by atoms with E-state index in [2.05, 4.69) is 33.8 Å². The first kappa shape index (κ1) is 19.0. The van der Waals surface area contributed by atoms with Gasteiger partial charge >= 0.3 is 0 Å². The van der Waals surface area contributed by atoms with E-state index in [0.29, 0.717) is 11.8 Å².